The SMILES string of the molecule is COc1c(N2CCN(CC(=O)Nc3ncc(/C(N)=N/O)s3)CC2)c(F)cc2c(=O)c(C(=O)O)cn(C3CC3)c12. The number of pyridine rings is 1. The Bertz CT molecular complexity index is 1540. The number of piperazine rings is 1. The van der Waals surface area contributed by atoms with Gasteiger partial charge in [0.2, 0.25) is 11.3 Å². The Hall–Kier alpha value is -4.24. The van der Waals surface area contributed by atoms with Crippen LogP contribution in [0.4, 0.5) is 15.2 Å². The van der Waals surface area contributed by atoms with Crippen LogP contribution in [0.1, 0.15) is 34.1 Å². The molecule has 5 rings (SSSR count). The highest BCUT2D eigenvalue weighted by Crippen LogP contribution is 2.43. The van der Waals surface area contributed by atoms with Crippen LogP contribution in [0.15, 0.2) is 28.4 Å². The van der Waals surface area contributed by atoms with Gasteiger partial charge in [-0.2, -0.15) is 0 Å². The number of nitrogens with one attached hydrogen (secondary N) is 1. The first-order chi connectivity index (χ1) is 18.7. The molecule has 39 heavy (non-hydrogen) atoms. The first kappa shape index (κ1) is 26.4. The number of nitrogens with zero attached hydrogens (tertiary/aromatic N) is 5. The van der Waals surface area contributed by atoms with E-state index in [4.69, 9.17) is 15.7 Å². The van der Waals surface area contributed by atoms with E-state index in [1.54, 1.807) is 9.47 Å². The lowest BCUT2D eigenvalue weighted by Gasteiger charge is -2.36. The highest BCUT2D eigenvalue weighted by atomic mass is 32.1. The van der Waals surface area contributed by atoms with Crippen LogP contribution in [-0.2, 0) is 4.79 Å². The minimum atomic E-state index is -1.36. The molecule has 2 aliphatic rings. The molecular formula is C24H26FN7O6S. The second-order valence-electron chi connectivity index (χ2n) is 9.28. The van der Waals surface area contributed by atoms with Gasteiger partial charge in [0.25, 0.3) is 0 Å². The summed E-state index contributed by atoms with van der Waals surface area (Å²) in [5.41, 5.74) is 4.94. The minimum absolute atomic E-state index is 0.00931. The number of nitrogens with two attached hydrogens (primary N) is 1. The van der Waals surface area contributed by atoms with E-state index in [1.165, 1.54) is 19.5 Å². The van der Waals surface area contributed by atoms with Gasteiger partial charge in [-0.15, -0.1) is 0 Å². The highest BCUT2D eigenvalue weighted by molar-refractivity contribution is 7.17. The number of amides is 1. The molecular weight excluding hydrogens is 533 g/mol. The lowest BCUT2D eigenvalue weighted by Crippen LogP contribution is -2.49. The van der Waals surface area contributed by atoms with Crippen LogP contribution < -0.4 is 26.1 Å². The summed E-state index contributed by atoms with van der Waals surface area (Å²) in [6.45, 7) is 1.77. The minimum Gasteiger partial charge on any atom is -0.492 e. The number of rotatable bonds is 8. The van der Waals surface area contributed by atoms with Gasteiger partial charge >= 0.3 is 5.97 Å². The van der Waals surface area contributed by atoms with E-state index in [-0.39, 0.29) is 41.2 Å². The van der Waals surface area contributed by atoms with Crippen molar-refractivity contribution < 1.29 is 29.0 Å². The Balaban J connectivity index is 1.34. The third-order valence-electron chi connectivity index (χ3n) is 6.74. The molecule has 2 fully saturated rings. The highest BCUT2D eigenvalue weighted by Gasteiger charge is 2.32. The summed E-state index contributed by atoms with van der Waals surface area (Å²) in [5.74, 6) is -2.25. The smallest absolute Gasteiger partial charge is 0.341 e. The third kappa shape index (κ3) is 5.09. The van der Waals surface area contributed by atoms with Gasteiger partial charge < -0.3 is 35.6 Å². The lowest BCUT2D eigenvalue weighted by atomic mass is 10.1. The fourth-order valence-electron chi connectivity index (χ4n) is 4.72. The maximum absolute atomic E-state index is 15.5. The summed E-state index contributed by atoms with van der Waals surface area (Å²) in [4.78, 5) is 45.3. The summed E-state index contributed by atoms with van der Waals surface area (Å²) in [6.07, 6.45) is 4.35. The maximum Gasteiger partial charge on any atom is 0.341 e. The molecule has 1 amide bonds. The molecule has 3 aromatic rings. The molecule has 1 saturated carbocycles. The van der Waals surface area contributed by atoms with Crippen LogP contribution in [-0.4, -0.2) is 82.3 Å². The number of carbonyl (C=O) groups is 2. The number of aromatic carboxylic acids is 1. The molecule has 15 heteroatoms. The number of fused-ring (bicyclic) bond motifs is 1. The van der Waals surface area contributed by atoms with E-state index in [0.717, 1.165) is 30.2 Å². The number of hydrogen-bond acceptors (Lipinski definition) is 10. The van der Waals surface area contributed by atoms with Gasteiger partial charge in [0.05, 0.1) is 35.6 Å². The molecule has 1 aliphatic carbocycles. The standard InChI is InChI=1S/C24H26FN7O6S/c1-38-21-18-13(20(34)14(23(35)36)10-32(18)12-2-3-12)8-15(25)19(21)31-6-4-30(5-7-31)11-17(33)28-24-27-9-16(39-24)22(26)29-37/h8-10,12,37H,2-7,11H2,1H3,(H2,26,29)(H,35,36)(H,27,28,33). The van der Waals surface area contributed by atoms with Crippen LogP contribution in [0.25, 0.3) is 10.9 Å². The van der Waals surface area contributed by atoms with Crippen molar-refractivity contribution in [3.63, 3.8) is 0 Å². The number of carboxylic acid groups (broad SMARTS) is 1. The zero-order valence-corrected chi connectivity index (χ0v) is 21.7. The van der Waals surface area contributed by atoms with Crippen molar-refractivity contribution >= 4 is 50.8 Å². The van der Waals surface area contributed by atoms with Crippen LogP contribution in [0, 0.1) is 5.82 Å². The molecule has 1 aliphatic heterocycles. The van der Waals surface area contributed by atoms with Gasteiger partial charge in [0, 0.05) is 38.4 Å². The molecule has 2 aromatic heterocycles. The van der Waals surface area contributed by atoms with E-state index in [1.807, 2.05) is 4.90 Å². The van der Waals surface area contributed by atoms with E-state index in [0.29, 0.717) is 41.7 Å². The molecule has 0 radical (unpaired) electrons. The Morgan fingerprint density at radius 3 is 2.64 bits per heavy atom. The molecule has 13 nitrogen and oxygen atoms in total. The molecule has 0 atom stereocenters. The number of oxime groups is 1. The molecule has 0 spiro atoms. The Labute approximate surface area is 224 Å². The molecule has 0 unspecified atom stereocenters. The zero-order valence-electron chi connectivity index (χ0n) is 20.9. The average molecular weight is 560 g/mol. The van der Waals surface area contributed by atoms with Gasteiger partial charge in [0.15, 0.2) is 22.5 Å². The van der Waals surface area contributed by atoms with Crippen LogP contribution >= 0.6 is 11.3 Å². The van der Waals surface area contributed by atoms with Crippen molar-refractivity contribution in [2.45, 2.75) is 18.9 Å². The summed E-state index contributed by atoms with van der Waals surface area (Å²) < 4.78 is 22.9. The molecule has 5 N–H and O–H groups in total. The third-order valence-corrected chi connectivity index (χ3v) is 7.68. The van der Waals surface area contributed by atoms with Gasteiger partial charge in [-0.1, -0.05) is 16.5 Å². The first-order valence-corrected chi connectivity index (χ1v) is 12.9. The Morgan fingerprint density at radius 2 is 2.03 bits per heavy atom. The number of benzene rings is 1. The van der Waals surface area contributed by atoms with Crippen molar-refractivity contribution in [1.29, 1.82) is 0 Å². The monoisotopic (exact) mass is 559 g/mol. The maximum atomic E-state index is 15.5. The Morgan fingerprint density at radius 1 is 1.31 bits per heavy atom. The predicted molar refractivity (Wildman–Crippen MR) is 142 cm³/mol. The van der Waals surface area contributed by atoms with Crippen molar-refractivity contribution in [2.24, 2.45) is 10.9 Å². The van der Waals surface area contributed by atoms with Gasteiger partial charge in [0.1, 0.15) is 11.3 Å². The molecule has 1 aromatic carbocycles. The fourth-order valence-corrected chi connectivity index (χ4v) is 5.44. The number of aromatic nitrogens is 2. The summed E-state index contributed by atoms with van der Waals surface area (Å²) in [7, 11) is 1.40. The van der Waals surface area contributed by atoms with E-state index < -0.39 is 22.8 Å². The number of thiazole rings is 1. The number of methoxy groups -OCH3 is 1. The molecule has 0 bridgehead atoms. The first-order valence-electron chi connectivity index (χ1n) is 12.1. The summed E-state index contributed by atoms with van der Waals surface area (Å²) in [5, 5.41) is 24.1. The van der Waals surface area contributed by atoms with Crippen molar-refractivity contribution in [3.05, 3.63) is 44.9 Å². The second kappa shape index (κ2) is 10.5. The van der Waals surface area contributed by atoms with E-state index >= 15 is 4.39 Å². The zero-order chi connectivity index (χ0) is 27.8. The molecule has 1 saturated heterocycles. The van der Waals surface area contributed by atoms with Gasteiger partial charge in [-0.25, -0.2) is 14.2 Å². The number of halogens is 1. The van der Waals surface area contributed by atoms with E-state index in [9.17, 15) is 19.5 Å². The lowest BCUT2D eigenvalue weighted by molar-refractivity contribution is -0.117. The van der Waals surface area contributed by atoms with Crippen LogP contribution in [0.2, 0.25) is 0 Å². The van der Waals surface area contributed by atoms with Gasteiger partial charge in [-0.05, 0) is 18.9 Å². The van der Waals surface area contributed by atoms with E-state index in [2.05, 4.69) is 15.5 Å². The largest absolute Gasteiger partial charge is 0.492 e. The molecule has 206 valence electrons. The average Bonchev–Trinajstić information content (AvgIpc) is 3.66. The van der Waals surface area contributed by atoms with Crippen molar-refractivity contribution in [1.82, 2.24) is 14.5 Å². The fraction of sp³-hybridized carbons (Fsp3) is 0.375. The summed E-state index contributed by atoms with van der Waals surface area (Å²) in [6, 6.07) is 1.10. The van der Waals surface area contributed by atoms with Crippen molar-refractivity contribution in [2.75, 3.05) is 50.1 Å². The quantitative estimate of drug-likeness (QED) is 0.137. The number of anilines is 2. The number of carbonyl (C=O) groups excluding carboxylic acids is 1. The van der Waals surface area contributed by atoms with Crippen molar-refractivity contribution in [3.8, 4) is 5.75 Å². The normalized spacial score (nSPS) is 16.5. The predicted octanol–water partition coefficient (Wildman–Crippen LogP) is 1.49. The number of ether oxygens (including phenoxy) is 1. The van der Waals surface area contributed by atoms with Gasteiger partial charge in [-0.3, -0.25) is 14.5 Å². The van der Waals surface area contributed by atoms with Crippen LogP contribution in [0.5, 0.6) is 5.75 Å². The Kier molecular flexibility index (Phi) is 7.10. The molecule has 3 heterocycles. The number of hydrogen-bond donors (Lipinski definition) is 4. The second-order valence-corrected chi connectivity index (χ2v) is 10.3. The number of amidine groups is 1. The van der Waals surface area contributed by atoms with Crippen LogP contribution in [0.3, 0.4) is 0 Å². The number of carboxylic acids is 1. The topological polar surface area (TPSA) is 176 Å². The summed E-state index contributed by atoms with van der Waals surface area (Å²) >= 11 is 1.07.